The van der Waals surface area contributed by atoms with Crippen molar-refractivity contribution in [3.63, 3.8) is 0 Å². The first-order chi connectivity index (χ1) is 29.9. The predicted octanol–water partition coefficient (Wildman–Crippen LogP) is 16.0. The van der Waals surface area contributed by atoms with Crippen LogP contribution >= 0.6 is 0 Å². The van der Waals surface area contributed by atoms with Crippen LogP contribution in [0, 0.1) is 0 Å². The van der Waals surface area contributed by atoms with Crippen LogP contribution in [0.25, 0.3) is 93.7 Å². The number of hydrogen-bond acceptors (Lipinski definition) is 0. The van der Waals surface area contributed by atoms with Gasteiger partial charge in [0.2, 0.25) is 0 Å². The fraction of sp³-hybridized carbons (Fsp3) is 0.119. The third-order valence-corrected chi connectivity index (χ3v) is 13.0. The molecule has 0 amide bonds. The molecule has 0 radical (unpaired) electrons. The molecule has 0 aliphatic rings. The van der Waals surface area contributed by atoms with Crippen LogP contribution in [0.4, 0.5) is 0 Å². The molecule has 0 aliphatic heterocycles. The molecule has 294 valence electrons. The molecule has 2 aromatic heterocycles. The van der Waals surface area contributed by atoms with Crippen LogP contribution in [-0.4, -0.2) is 9.13 Å². The monoisotopic (exact) mass is 784 g/mol. The normalized spacial score (nSPS) is 12.1. The number of rotatable bonds is 8. The maximum atomic E-state index is 4.19. The van der Waals surface area contributed by atoms with E-state index >= 15 is 0 Å². The number of nitrogens with zero attached hydrogens (tertiary/aromatic N) is 2. The van der Waals surface area contributed by atoms with Gasteiger partial charge in [-0.3, -0.25) is 0 Å². The van der Waals surface area contributed by atoms with Crippen molar-refractivity contribution in [3.05, 3.63) is 211 Å². The highest BCUT2D eigenvalue weighted by atomic mass is 15.0. The van der Waals surface area contributed by atoms with E-state index in [9.17, 15) is 0 Å². The minimum absolute atomic E-state index is 0.118. The lowest BCUT2D eigenvalue weighted by molar-refractivity contribution is 0.590. The van der Waals surface area contributed by atoms with Crippen molar-refractivity contribution in [1.82, 2.24) is 9.13 Å². The van der Waals surface area contributed by atoms with Gasteiger partial charge in [0, 0.05) is 32.9 Å². The molecule has 2 heteroatoms. The fourth-order valence-corrected chi connectivity index (χ4v) is 10.1. The van der Waals surface area contributed by atoms with E-state index in [1.807, 2.05) is 6.08 Å². The van der Waals surface area contributed by atoms with Crippen LogP contribution in [0.15, 0.2) is 189 Å². The van der Waals surface area contributed by atoms with Crippen molar-refractivity contribution in [1.29, 1.82) is 0 Å². The molecular weight excluding hydrogens is 737 g/mol. The Labute approximate surface area is 357 Å². The number of hydrogen-bond donors (Lipinski definition) is 0. The first-order valence-electron chi connectivity index (χ1n) is 21.7. The van der Waals surface area contributed by atoms with Crippen molar-refractivity contribution in [3.8, 4) is 22.5 Å². The molecule has 0 N–H and O–H groups in total. The van der Waals surface area contributed by atoms with Gasteiger partial charge in [0.15, 0.2) is 0 Å². The Balaban J connectivity index is 0.916. The Morgan fingerprint density at radius 3 is 1.62 bits per heavy atom. The topological polar surface area (TPSA) is 9.86 Å². The molecule has 0 saturated heterocycles. The van der Waals surface area contributed by atoms with Crippen LogP contribution in [0.3, 0.4) is 0 Å². The van der Waals surface area contributed by atoms with E-state index in [2.05, 4.69) is 218 Å². The van der Waals surface area contributed by atoms with Crippen molar-refractivity contribution in [2.24, 2.45) is 0 Å². The highest BCUT2D eigenvalue weighted by Crippen LogP contribution is 2.41. The second-order valence-electron chi connectivity index (χ2n) is 17.6. The lowest BCUT2D eigenvalue weighted by Gasteiger charge is -2.19. The molecule has 0 spiro atoms. The summed E-state index contributed by atoms with van der Waals surface area (Å²) in [6.45, 7) is 11.0. The van der Waals surface area contributed by atoms with E-state index in [1.54, 1.807) is 0 Å². The highest BCUT2D eigenvalue weighted by molar-refractivity contribution is 6.17. The number of fused-ring (bicyclic) bond motifs is 8. The summed E-state index contributed by atoms with van der Waals surface area (Å²) in [6, 6.07) is 67.5. The summed E-state index contributed by atoms with van der Waals surface area (Å²) >= 11 is 0. The van der Waals surface area contributed by atoms with Crippen LogP contribution in [0.5, 0.6) is 0 Å². The number of benzene rings is 9. The Bertz CT molecular complexity index is 3420. The maximum Gasteiger partial charge on any atom is 0.0543 e. The van der Waals surface area contributed by atoms with Crippen LogP contribution in [-0.2, 0) is 18.3 Å². The third kappa shape index (κ3) is 6.08. The molecule has 61 heavy (non-hydrogen) atoms. The van der Waals surface area contributed by atoms with Crippen LogP contribution in [0.2, 0.25) is 0 Å². The zero-order valence-corrected chi connectivity index (χ0v) is 35.1. The first kappa shape index (κ1) is 36.9. The zero-order valence-electron chi connectivity index (χ0n) is 35.1. The minimum Gasteiger partial charge on any atom is -0.309 e. The number of para-hydroxylation sites is 2. The summed E-state index contributed by atoms with van der Waals surface area (Å²) in [5.41, 5.74) is 15.3. The summed E-state index contributed by atoms with van der Waals surface area (Å²) in [6.07, 6.45) is 5.10. The van der Waals surface area contributed by atoms with E-state index in [1.165, 1.54) is 104 Å². The van der Waals surface area contributed by atoms with E-state index in [4.69, 9.17) is 0 Å². The average molecular weight is 785 g/mol. The average Bonchev–Trinajstić information content (AvgIpc) is 3.81. The van der Waals surface area contributed by atoms with Crippen molar-refractivity contribution >= 4 is 71.2 Å². The largest absolute Gasteiger partial charge is 0.309 e. The lowest BCUT2D eigenvalue weighted by atomic mass is 9.87. The molecule has 2 nitrogen and oxygen atoms in total. The molecule has 0 aliphatic carbocycles. The smallest absolute Gasteiger partial charge is 0.0543 e. The van der Waals surface area contributed by atoms with Crippen LogP contribution < -0.4 is 0 Å². The van der Waals surface area contributed by atoms with Crippen molar-refractivity contribution in [2.75, 3.05) is 0 Å². The molecule has 0 saturated carbocycles. The summed E-state index contributed by atoms with van der Waals surface area (Å²) < 4.78 is 4.88. The first-order valence-corrected chi connectivity index (χ1v) is 21.7. The molecule has 0 fully saturated rings. The van der Waals surface area contributed by atoms with E-state index in [-0.39, 0.29) is 5.41 Å². The third-order valence-electron chi connectivity index (χ3n) is 13.0. The quantitative estimate of drug-likeness (QED) is 0.136. The van der Waals surface area contributed by atoms with Gasteiger partial charge in [0.05, 0.1) is 22.1 Å². The minimum atomic E-state index is 0.118. The SMILES string of the molecule is C=Cc1c2ccccc2c(-c2ccc(-n3c4ccccc4c4cc(CCCc5cccc6c5c5ccccc5n6-c5ccc(C(C)(C)C)cc5)ccc43)cc2)c2ccccc12. The molecule has 0 bridgehead atoms. The summed E-state index contributed by atoms with van der Waals surface area (Å²) in [4.78, 5) is 0. The fourth-order valence-electron chi connectivity index (χ4n) is 10.1. The van der Waals surface area contributed by atoms with Gasteiger partial charge in [-0.25, -0.2) is 0 Å². The summed E-state index contributed by atoms with van der Waals surface area (Å²) in [5.74, 6) is 0. The van der Waals surface area contributed by atoms with Gasteiger partial charge < -0.3 is 9.13 Å². The Kier molecular flexibility index (Phi) is 8.79. The van der Waals surface area contributed by atoms with E-state index in [0.29, 0.717) is 0 Å². The Hall–Kier alpha value is -7.16. The molecule has 11 aromatic rings. The predicted molar refractivity (Wildman–Crippen MR) is 263 cm³/mol. The van der Waals surface area contributed by atoms with Crippen LogP contribution in [0.1, 0.15) is 49.4 Å². The van der Waals surface area contributed by atoms with Gasteiger partial charge in [0.25, 0.3) is 0 Å². The highest BCUT2D eigenvalue weighted by Gasteiger charge is 2.19. The van der Waals surface area contributed by atoms with Gasteiger partial charge in [-0.2, -0.15) is 0 Å². The number of aryl methyl sites for hydroxylation is 2. The van der Waals surface area contributed by atoms with Gasteiger partial charge in [-0.15, -0.1) is 0 Å². The summed E-state index contributed by atoms with van der Waals surface area (Å²) in [5, 5.41) is 10.2. The Morgan fingerprint density at radius 1 is 0.459 bits per heavy atom. The standard InChI is InChI=1S/C59H48N2/c1-5-45-46-19-6-8-22-49(46)57(50-23-9-7-20-47(45)50)41-29-33-43(34-30-41)60-53-25-12-10-21-48(53)52-38-39(28-37-55(52)60)16-14-17-40-18-15-27-56-58(40)51-24-11-13-26-54(51)61(56)44-35-31-42(32-36-44)59(2,3)4/h5-13,15,18-38H,1,14,16-17H2,2-4H3. The van der Waals surface area contributed by atoms with Gasteiger partial charge in [-0.05, 0) is 134 Å². The Morgan fingerprint density at radius 2 is 0.984 bits per heavy atom. The molecule has 2 heterocycles. The zero-order chi connectivity index (χ0) is 41.2. The molecular formula is C59H48N2. The van der Waals surface area contributed by atoms with E-state index in [0.717, 1.165) is 24.9 Å². The lowest BCUT2D eigenvalue weighted by Crippen LogP contribution is -2.10. The van der Waals surface area contributed by atoms with Gasteiger partial charge >= 0.3 is 0 Å². The second kappa shape index (κ2) is 14.5. The van der Waals surface area contributed by atoms with E-state index < -0.39 is 0 Å². The maximum absolute atomic E-state index is 4.19. The molecule has 0 atom stereocenters. The molecule has 11 rings (SSSR count). The molecule has 9 aromatic carbocycles. The van der Waals surface area contributed by atoms with Gasteiger partial charge in [-0.1, -0.05) is 161 Å². The second-order valence-corrected chi connectivity index (χ2v) is 17.6. The molecule has 0 unspecified atom stereocenters. The summed E-state index contributed by atoms with van der Waals surface area (Å²) in [7, 11) is 0. The van der Waals surface area contributed by atoms with Crippen molar-refractivity contribution < 1.29 is 0 Å². The van der Waals surface area contributed by atoms with Crippen molar-refractivity contribution in [2.45, 2.75) is 45.4 Å². The number of aromatic nitrogens is 2. The van der Waals surface area contributed by atoms with Gasteiger partial charge in [0.1, 0.15) is 0 Å².